The Morgan fingerprint density at radius 1 is 0.955 bits per heavy atom. The molecule has 1 fully saturated rings. The van der Waals surface area contributed by atoms with Crippen molar-refractivity contribution in [2.75, 3.05) is 16.8 Å². The molecule has 4 atom stereocenters. The summed E-state index contributed by atoms with van der Waals surface area (Å²) in [6.45, 7) is 5.78. The maximum Gasteiger partial charge on any atom is 0.238 e. The number of hydrogen-bond acceptors (Lipinski definition) is 6. The molecule has 2 amide bonds. The van der Waals surface area contributed by atoms with E-state index in [9.17, 15) is 24.9 Å². The number of anilines is 3. The minimum absolute atomic E-state index is 0.0393. The minimum atomic E-state index is -0.870. The molecule has 0 saturated carbocycles. The summed E-state index contributed by atoms with van der Waals surface area (Å²) < 4.78 is 0. The number of benzene rings is 3. The third-order valence-electron chi connectivity index (χ3n) is 9.05. The molecule has 0 unspecified atom stereocenters. The van der Waals surface area contributed by atoms with E-state index >= 15 is 0 Å². The summed E-state index contributed by atoms with van der Waals surface area (Å²) in [4.78, 5) is 29.0. The molecule has 44 heavy (non-hydrogen) atoms. The Morgan fingerprint density at radius 2 is 1.61 bits per heavy atom. The minimum Gasteiger partial charge on any atom is -0.507 e. The summed E-state index contributed by atoms with van der Waals surface area (Å²) in [6, 6.07) is 24.1. The second-order valence-electron chi connectivity index (χ2n) is 12.1. The summed E-state index contributed by atoms with van der Waals surface area (Å²) >= 11 is 0. The number of aliphatic hydroxyl groups is 2. The highest BCUT2D eigenvalue weighted by atomic mass is 16.3. The van der Waals surface area contributed by atoms with Crippen molar-refractivity contribution in [2.45, 2.75) is 52.6 Å². The molecule has 3 aromatic rings. The van der Waals surface area contributed by atoms with Crippen LogP contribution in [0.25, 0.3) is 6.08 Å². The van der Waals surface area contributed by atoms with E-state index in [1.165, 1.54) is 4.90 Å². The maximum atomic E-state index is 13.9. The number of carbonyl (C=O) groups is 2. The van der Waals surface area contributed by atoms with Crippen molar-refractivity contribution in [3.8, 4) is 5.75 Å². The number of fused-ring (bicyclic) bond motifs is 1. The van der Waals surface area contributed by atoms with Crippen LogP contribution in [0, 0.1) is 23.7 Å². The highest BCUT2D eigenvalue weighted by Gasteiger charge is 2.55. The Bertz CT molecular complexity index is 1540. The molecule has 2 aliphatic rings. The van der Waals surface area contributed by atoms with E-state index in [-0.39, 0.29) is 30.1 Å². The van der Waals surface area contributed by atoms with Crippen molar-refractivity contribution < 1.29 is 24.9 Å². The van der Waals surface area contributed by atoms with E-state index in [2.05, 4.69) is 5.32 Å². The lowest BCUT2D eigenvalue weighted by Crippen LogP contribution is -2.39. The number of phenolic OH excluding ortho intramolecular Hbond substituents is 1. The summed E-state index contributed by atoms with van der Waals surface area (Å²) in [5.74, 6) is -2.30. The SMILES string of the molecule is CC/C(=C\c1ccccc1O)CC[C@@H](O)C1=C(C(C)C)C[C@H]2C(=O)N(c3ccc(Nc4ccccc4)cc3)C(=O)[C@H]2[C@H]1CO. The normalized spacial score (nSPS) is 21.2. The fraction of sp³-hybridized carbons (Fsp3) is 0.351. The number of allylic oxidation sites excluding steroid dienone is 2. The van der Waals surface area contributed by atoms with Gasteiger partial charge in [0, 0.05) is 22.9 Å². The van der Waals surface area contributed by atoms with E-state index < -0.39 is 23.9 Å². The summed E-state index contributed by atoms with van der Waals surface area (Å²) in [6.07, 6.45) is 3.23. The van der Waals surface area contributed by atoms with Crippen molar-refractivity contribution in [3.05, 3.63) is 101 Å². The number of imide groups is 1. The first-order chi connectivity index (χ1) is 21.2. The molecule has 3 aromatic carbocycles. The molecule has 1 saturated heterocycles. The third-order valence-corrected chi connectivity index (χ3v) is 9.05. The van der Waals surface area contributed by atoms with E-state index in [0.717, 1.165) is 34.5 Å². The van der Waals surface area contributed by atoms with Gasteiger partial charge in [0.05, 0.1) is 30.2 Å². The van der Waals surface area contributed by atoms with Gasteiger partial charge in [-0.15, -0.1) is 0 Å². The zero-order valence-corrected chi connectivity index (χ0v) is 25.6. The molecule has 230 valence electrons. The van der Waals surface area contributed by atoms with Gasteiger partial charge in [0.15, 0.2) is 0 Å². The van der Waals surface area contributed by atoms with Gasteiger partial charge in [0.2, 0.25) is 11.8 Å². The molecule has 1 aliphatic heterocycles. The molecular formula is C37H42N2O5. The van der Waals surface area contributed by atoms with Crippen LogP contribution in [0.3, 0.4) is 0 Å². The van der Waals surface area contributed by atoms with Crippen molar-refractivity contribution in [3.63, 3.8) is 0 Å². The molecule has 0 radical (unpaired) electrons. The largest absolute Gasteiger partial charge is 0.507 e. The van der Waals surface area contributed by atoms with Crippen LogP contribution in [0.4, 0.5) is 17.1 Å². The van der Waals surface area contributed by atoms with Gasteiger partial charge in [0.1, 0.15) is 5.75 Å². The highest BCUT2D eigenvalue weighted by Crippen LogP contribution is 2.49. The lowest BCUT2D eigenvalue weighted by Gasteiger charge is -2.38. The number of hydrogen-bond donors (Lipinski definition) is 4. The molecule has 1 heterocycles. The summed E-state index contributed by atoms with van der Waals surface area (Å²) in [5.41, 5.74) is 5.73. The predicted molar refractivity (Wildman–Crippen MR) is 174 cm³/mol. The standard InChI is InChI=1S/C37H42N2O5/c1-4-24(20-25-10-8-9-13-32(25)41)14-19-33(42)34-29(23(2)3)21-30-35(31(34)22-40)37(44)39(36(30)43)28-17-15-27(16-18-28)38-26-11-6-5-7-12-26/h5-13,15-18,20,23,30-31,33,35,38,40-42H,4,14,19,21-22H2,1-3H3/b24-20+/t30-,31+,33-,35-/m1/s1. The van der Waals surface area contributed by atoms with Gasteiger partial charge in [-0.3, -0.25) is 14.5 Å². The van der Waals surface area contributed by atoms with Crippen molar-refractivity contribution in [2.24, 2.45) is 23.7 Å². The summed E-state index contributed by atoms with van der Waals surface area (Å²) in [5, 5.41) is 35.8. The van der Waals surface area contributed by atoms with Crippen LogP contribution in [0.2, 0.25) is 0 Å². The van der Waals surface area contributed by atoms with Crippen LogP contribution in [-0.2, 0) is 9.59 Å². The number of aromatic hydroxyl groups is 1. The quantitative estimate of drug-likeness (QED) is 0.143. The monoisotopic (exact) mass is 594 g/mol. The van der Waals surface area contributed by atoms with E-state index in [0.29, 0.717) is 30.5 Å². The first-order valence-electron chi connectivity index (χ1n) is 15.5. The number of para-hydroxylation sites is 2. The average molecular weight is 595 g/mol. The van der Waals surface area contributed by atoms with Gasteiger partial charge < -0.3 is 20.6 Å². The average Bonchev–Trinajstić information content (AvgIpc) is 3.28. The molecule has 0 spiro atoms. The Morgan fingerprint density at radius 3 is 2.25 bits per heavy atom. The van der Waals surface area contributed by atoms with Crippen molar-refractivity contribution in [1.29, 1.82) is 0 Å². The van der Waals surface area contributed by atoms with Crippen molar-refractivity contribution >= 4 is 35.0 Å². The number of phenols is 1. The first kappa shape index (κ1) is 31.2. The van der Waals surface area contributed by atoms with Gasteiger partial charge in [-0.2, -0.15) is 0 Å². The number of amides is 2. The molecule has 4 N–H and O–H groups in total. The molecule has 0 aromatic heterocycles. The fourth-order valence-corrected chi connectivity index (χ4v) is 6.74. The molecule has 7 heteroatoms. The van der Waals surface area contributed by atoms with Crippen LogP contribution in [0.5, 0.6) is 5.75 Å². The van der Waals surface area contributed by atoms with Gasteiger partial charge in [-0.1, -0.05) is 74.4 Å². The topological polar surface area (TPSA) is 110 Å². The smallest absolute Gasteiger partial charge is 0.238 e. The Hall–Kier alpha value is -4.20. The zero-order valence-electron chi connectivity index (χ0n) is 25.6. The number of aliphatic hydroxyl groups excluding tert-OH is 2. The molecule has 7 nitrogen and oxygen atoms in total. The van der Waals surface area contributed by atoms with Crippen LogP contribution < -0.4 is 10.2 Å². The number of nitrogens with one attached hydrogen (secondary N) is 1. The number of nitrogens with zero attached hydrogens (tertiary/aromatic N) is 1. The van der Waals surface area contributed by atoms with E-state index in [1.807, 2.05) is 81.4 Å². The van der Waals surface area contributed by atoms with Crippen LogP contribution in [0.1, 0.15) is 52.0 Å². The second kappa shape index (κ2) is 13.6. The van der Waals surface area contributed by atoms with Crippen molar-refractivity contribution in [1.82, 2.24) is 0 Å². The second-order valence-corrected chi connectivity index (χ2v) is 12.1. The lowest BCUT2D eigenvalue weighted by molar-refractivity contribution is -0.123. The van der Waals surface area contributed by atoms with Gasteiger partial charge in [-0.25, -0.2) is 0 Å². The first-order valence-corrected chi connectivity index (χ1v) is 15.5. The van der Waals surface area contributed by atoms with Gasteiger partial charge in [-0.05, 0) is 79.6 Å². The number of rotatable bonds is 11. The van der Waals surface area contributed by atoms with E-state index in [4.69, 9.17) is 0 Å². The highest BCUT2D eigenvalue weighted by molar-refractivity contribution is 6.22. The van der Waals surface area contributed by atoms with Crippen LogP contribution >= 0.6 is 0 Å². The summed E-state index contributed by atoms with van der Waals surface area (Å²) in [7, 11) is 0. The van der Waals surface area contributed by atoms with E-state index in [1.54, 1.807) is 24.3 Å². The Balaban J connectivity index is 1.37. The maximum absolute atomic E-state index is 13.9. The van der Waals surface area contributed by atoms with Gasteiger partial charge >= 0.3 is 0 Å². The number of carbonyl (C=O) groups excluding carboxylic acids is 2. The Kier molecular flexibility index (Phi) is 9.67. The predicted octanol–water partition coefficient (Wildman–Crippen LogP) is 6.84. The molecular weight excluding hydrogens is 552 g/mol. The molecule has 0 bridgehead atoms. The molecule has 1 aliphatic carbocycles. The molecule has 5 rings (SSSR count). The lowest BCUT2D eigenvalue weighted by atomic mass is 9.66. The van der Waals surface area contributed by atoms with Crippen LogP contribution in [-0.4, -0.2) is 39.8 Å². The Labute approximate surface area is 259 Å². The van der Waals surface area contributed by atoms with Gasteiger partial charge in [0.25, 0.3) is 0 Å². The van der Waals surface area contributed by atoms with Crippen LogP contribution in [0.15, 0.2) is 95.6 Å². The zero-order chi connectivity index (χ0) is 31.4. The third kappa shape index (κ3) is 6.35. The fourth-order valence-electron chi connectivity index (χ4n) is 6.74.